The summed E-state index contributed by atoms with van der Waals surface area (Å²) in [5.41, 5.74) is 0. The summed E-state index contributed by atoms with van der Waals surface area (Å²) in [6.45, 7) is 0. The zero-order valence-corrected chi connectivity index (χ0v) is 21.3. The van der Waals surface area contributed by atoms with Gasteiger partial charge in [-0.1, -0.05) is 0 Å². The number of nitrogens with zero attached hydrogens (tertiary/aromatic N) is 6. The van der Waals surface area contributed by atoms with E-state index in [0.717, 1.165) is 32.0 Å². The maximum atomic E-state index is 8.00. The van der Waals surface area contributed by atoms with E-state index in [9.17, 15) is 0 Å². The third kappa shape index (κ3) is 3310. The van der Waals surface area contributed by atoms with Crippen molar-refractivity contribution in [2.75, 3.05) is 0 Å². The summed E-state index contributed by atoms with van der Waals surface area (Å²) < 4.78 is 0. The van der Waals surface area contributed by atoms with Crippen molar-refractivity contribution in [1.29, 1.82) is 0 Å². The van der Waals surface area contributed by atoms with Crippen molar-refractivity contribution < 1.29 is 120 Å². The first-order valence-corrected chi connectivity index (χ1v) is 2.19. The van der Waals surface area contributed by atoms with E-state index in [1.165, 1.54) is 0 Å². The van der Waals surface area contributed by atoms with Crippen LogP contribution < -0.4 is 103 Å². The fourth-order valence-electron chi connectivity index (χ4n) is 0. The average Bonchev–Trinajstić information content (AvgIpc) is 2.23. The predicted molar refractivity (Wildman–Crippen MR) is 60.7 cm³/mol. The fraction of sp³-hybridized carbons (Fsp3) is 0. The van der Waals surface area contributed by atoms with Crippen molar-refractivity contribution >= 4 is 45.5 Å². The molecule has 119 valence electrons. The van der Waals surface area contributed by atoms with E-state index >= 15 is 0 Å². The molecule has 0 rings (SSSR count). The van der Waals surface area contributed by atoms with Gasteiger partial charge in [0.2, 0.25) is 0 Å². The molecule has 0 fully saturated rings. The minimum Gasteiger partial charge on any atom is -0.444 e. The smallest absolute Gasteiger partial charge is 0.444 e. The van der Waals surface area contributed by atoms with Gasteiger partial charge < -0.3 is 60.7 Å². The second kappa shape index (κ2) is 181. The summed E-state index contributed by atoms with van der Waals surface area (Å²) in [5.74, 6) is 0. The predicted octanol–water partition coefficient (Wildman–Crippen LogP) is -4.87. The standard InChI is InChI=1S/Cu.2K.6HNO2.Sr/c;;;6*2-1-3;/h;;;6*(H,2,3);/q;2*+1;;;;;;;+2/p-6. The SMILES string of the molecule is O=N[O-].O=N[O-].O=N[O-].O=N[O-].O=N[O-].O=N[O-].[Cu].[K+].[K+].[Sr+2]. The van der Waals surface area contributed by atoms with Crippen LogP contribution in [0, 0.1) is 60.7 Å². The summed E-state index contributed by atoms with van der Waals surface area (Å²) in [6.07, 6.45) is 0. The van der Waals surface area contributed by atoms with Crippen LogP contribution in [0.1, 0.15) is 0 Å². The van der Waals surface area contributed by atoms with Gasteiger partial charge in [-0.2, -0.15) is 0 Å². The van der Waals surface area contributed by atoms with Gasteiger partial charge in [-0.3, -0.25) is 0 Å². The van der Waals surface area contributed by atoms with Crippen LogP contribution in [-0.2, 0) is 17.1 Å². The molecule has 0 unspecified atom stereocenters. The van der Waals surface area contributed by atoms with Crippen molar-refractivity contribution in [2.45, 2.75) is 0 Å². The van der Waals surface area contributed by atoms with Gasteiger partial charge in [0.15, 0.2) is 0 Å². The van der Waals surface area contributed by atoms with Crippen LogP contribution in [-0.4, -0.2) is 45.5 Å². The maximum absolute atomic E-state index is 8.00. The first kappa shape index (κ1) is 65.1. The minimum atomic E-state index is 0. The summed E-state index contributed by atoms with van der Waals surface area (Å²) in [5, 5.41) is 54.0. The largest absolute Gasteiger partial charge is 2.00 e. The zero-order valence-electron chi connectivity index (χ0n) is 10.6. The molecule has 0 heterocycles. The molecule has 0 aromatic rings. The molecule has 0 aromatic carbocycles. The molecule has 0 aromatic heterocycles. The maximum Gasteiger partial charge on any atom is 2.00 e. The summed E-state index contributed by atoms with van der Waals surface area (Å²) >= 11 is 0. The molecule has 22 heavy (non-hydrogen) atoms. The van der Waals surface area contributed by atoms with E-state index in [2.05, 4.69) is 0 Å². The van der Waals surface area contributed by atoms with E-state index < -0.39 is 0 Å². The van der Waals surface area contributed by atoms with Crippen molar-refractivity contribution in [2.24, 2.45) is 32.0 Å². The quantitative estimate of drug-likeness (QED) is 0.170. The molecule has 18 nitrogen and oxygen atoms in total. The van der Waals surface area contributed by atoms with Gasteiger partial charge in [0.25, 0.3) is 0 Å². The molecule has 0 bridgehead atoms. The average molecular weight is 505 g/mol. The number of hydrogen-bond donors (Lipinski definition) is 0. The Kier molecular flexibility index (Phi) is 535. The molecule has 22 heteroatoms. The van der Waals surface area contributed by atoms with Gasteiger partial charge in [0.05, 0.1) is 0 Å². The van der Waals surface area contributed by atoms with Gasteiger partial charge in [0, 0.05) is 17.1 Å². The van der Waals surface area contributed by atoms with Crippen molar-refractivity contribution in [3.05, 3.63) is 60.7 Å². The Balaban J connectivity index is -0.00000000947. The minimum absolute atomic E-state index is 0. The molecular weight excluding hydrogens is 505 g/mol. The Hall–Kier alpha value is 1.67. The van der Waals surface area contributed by atoms with Crippen LogP contribution in [0.4, 0.5) is 0 Å². The third-order valence-electron chi connectivity index (χ3n) is 0. The van der Waals surface area contributed by atoms with Gasteiger partial charge in [0.1, 0.15) is 0 Å². The van der Waals surface area contributed by atoms with E-state index in [0.29, 0.717) is 0 Å². The molecule has 0 amide bonds. The van der Waals surface area contributed by atoms with Crippen molar-refractivity contribution in [3.8, 4) is 0 Å². The Labute approximate surface area is 252 Å². The Morgan fingerprint density at radius 3 is 0.409 bits per heavy atom. The number of rotatable bonds is 0. The molecular formula is CuK2N6O12Sr-2. The van der Waals surface area contributed by atoms with E-state index in [1.54, 1.807) is 0 Å². The van der Waals surface area contributed by atoms with Crippen LogP contribution in [0.15, 0.2) is 32.0 Å². The Bertz CT molecular complexity index is 129. The van der Waals surface area contributed by atoms with Crippen molar-refractivity contribution in [1.82, 2.24) is 0 Å². The van der Waals surface area contributed by atoms with Crippen LogP contribution in [0.2, 0.25) is 0 Å². The number of hydrogen-bond acceptors (Lipinski definition) is 18. The summed E-state index contributed by atoms with van der Waals surface area (Å²) in [7, 11) is 0. The zero-order chi connectivity index (χ0) is 16.2. The normalized spacial score (nSPS) is 3.27. The molecule has 0 atom stereocenters. The Morgan fingerprint density at radius 1 is 0.409 bits per heavy atom. The van der Waals surface area contributed by atoms with Gasteiger partial charge in [-0.15, -0.1) is 32.0 Å². The van der Waals surface area contributed by atoms with Crippen LogP contribution >= 0.6 is 0 Å². The molecule has 0 aliphatic carbocycles. The van der Waals surface area contributed by atoms with E-state index in [1.807, 2.05) is 0 Å². The first-order chi connectivity index (χ1) is 8.49. The monoisotopic (exact) mass is 505 g/mol. The third-order valence-corrected chi connectivity index (χ3v) is 0. The molecule has 0 saturated heterocycles. The van der Waals surface area contributed by atoms with Gasteiger partial charge >= 0.3 is 148 Å². The van der Waals surface area contributed by atoms with E-state index in [-0.39, 0.29) is 165 Å². The Morgan fingerprint density at radius 2 is 0.409 bits per heavy atom. The van der Waals surface area contributed by atoms with Crippen LogP contribution in [0.5, 0.6) is 0 Å². The second-order valence-electron chi connectivity index (χ2n) is 0.447. The fourth-order valence-corrected chi connectivity index (χ4v) is 0. The molecule has 0 N–H and O–H groups in total. The molecule has 0 saturated carbocycles. The van der Waals surface area contributed by atoms with E-state index in [4.69, 9.17) is 60.7 Å². The second-order valence-corrected chi connectivity index (χ2v) is 0.447. The molecule has 0 spiro atoms. The summed E-state index contributed by atoms with van der Waals surface area (Å²) in [4.78, 5) is 48.0. The van der Waals surface area contributed by atoms with Gasteiger partial charge in [-0.25, -0.2) is 0 Å². The molecule has 1 radical (unpaired) electrons. The topological polar surface area (TPSA) is 315 Å². The van der Waals surface area contributed by atoms with Crippen LogP contribution in [0.25, 0.3) is 0 Å². The van der Waals surface area contributed by atoms with Crippen LogP contribution in [0.3, 0.4) is 0 Å². The summed E-state index contributed by atoms with van der Waals surface area (Å²) in [6, 6.07) is 0. The molecule has 0 aliphatic rings. The van der Waals surface area contributed by atoms with Crippen molar-refractivity contribution in [3.63, 3.8) is 0 Å². The first-order valence-electron chi connectivity index (χ1n) is 2.19. The molecule has 0 aliphatic heterocycles. The van der Waals surface area contributed by atoms with Gasteiger partial charge in [-0.05, 0) is 0 Å².